The van der Waals surface area contributed by atoms with E-state index in [-0.39, 0.29) is 11.8 Å². The Balaban J connectivity index is 1.26. The molecule has 2 heterocycles. The van der Waals surface area contributed by atoms with Crippen LogP contribution in [0.5, 0.6) is 0 Å². The molecule has 1 aromatic carbocycles. The monoisotopic (exact) mass is 457 g/mol. The molecule has 1 atom stereocenters. The molecule has 1 saturated heterocycles. The van der Waals surface area contributed by atoms with Crippen molar-refractivity contribution in [1.82, 2.24) is 25.0 Å². The normalized spacial score (nSPS) is 18.7. The van der Waals surface area contributed by atoms with Crippen molar-refractivity contribution >= 4 is 17.7 Å². The Morgan fingerprint density at radius 3 is 2.69 bits per heavy atom. The quantitative estimate of drug-likeness (QED) is 0.553. The summed E-state index contributed by atoms with van der Waals surface area (Å²) >= 11 is 1.74. The summed E-state index contributed by atoms with van der Waals surface area (Å²) in [5.74, 6) is 2.44. The standard InChI is InChI=1S/C24H35N5O2S/c1-28-21(26-27-24(28)32-18-15-29-13-16-31-17-14-29)11-12-25-23(30)22(20-9-5-6-10-20)19-7-3-2-4-8-19/h2-4,7-8,20,22H,5-6,9-18H2,1H3,(H,25,30). The first kappa shape index (κ1) is 23.3. The number of amides is 1. The van der Waals surface area contributed by atoms with Gasteiger partial charge in [-0.25, -0.2) is 0 Å². The molecule has 0 radical (unpaired) electrons. The van der Waals surface area contributed by atoms with Crippen LogP contribution in [0, 0.1) is 5.92 Å². The predicted octanol–water partition coefficient (Wildman–Crippen LogP) is 2.87. The molecule has 2 aromatic rings. The lowest BCUT2D eigenvalue weighted by Crippen LogP contribution is -2.37. The van der Waals surface area contributed by atoms with Crippen molar-refractivity contribution in [2.75, 3.05) is 45.1 Å². The molecule has 8 heteroatoms. The highest BCUT2D eigenvalue weighted by Crippen LogP contribution is 2.37. The first-order chi connectivity index (χ1) is 15.7. The van der Waals surface area contributed by atoms with Gasteiger partial charge in [0.2, 0.25) is 5.91 Å². The molecule has 174 valence electrons. The highest BCUT2D eigenvalue weighted by atomic mass is 32.2. The van der Waals surface area contributed by atoms with Gasteiger partial charge in [-0.3, -0.25) is 9.69 Å². The second kappa shape index (κ2) is 11.8. The molecular weight excluding hydrogens is 422 g/mol. The Labute approximate surface area is 195 Å². The van der Waals surface area contributed by atoms with Crippen LogP contribution in [0.4, 0.5) is 0 Å². The molecule has 1 aromatic heterocycles. The van der Waals surface area contributed by atoms with Crippen molar-refractivity contribution in [3.05, 3.63) is 41.7 Å². The van der Waals surface area contributed by atoms with Gasteiger partial charge in [-0.2, -0.15) is 0 Å². The zero-order valence-electron chi connectivity index (χ0n) is 19.0. The maximum absolute atomic E-state index is 13.1. The number of thioether (sulfide) groups is 1. The number of hydrogen-bond donors (Lipinski definition) is 1. The van der Waals surface area contributed by atoms with E-state index < -0.39 is 0 Å². The smallest absolute Gasteiger partial charge is 0.227 e. The van der Waals surface area contributed by atoms with E-state index in [1.807, 2.05) is 25.2 Å². The minimum Gasteiger partial charge on any atom is -0.379 e. The molecule has 7 nitrogen and oxygen atoms in total. The lowest BCUT2D eigenvalue weighted by Gasteiger charge is -2.26. The van der Waals surface area contributed by atoms with Crippen molar-refractivity contribution in [3.63, 3.8) is 0 Å². The van der Waals surface area contributed by atoms with Crippen molar-refractivity contribution in [3.8, 4) is 0 Å². The third kappa shape index (κ3) is 6.11. The summed E-state index contributed by atoms with van der Waals surface area (Å²) in [6.45, 7) is 5.30. The summed E-state index contributed by atoms with van der Waals surface area (Å²) in [5, 5.41) is 12.8. The highest BCUT2D eigenvalue weighted by Gasteiger charge is 2.31. The average molecular weight is 458 g/mol. The van der Waals surface area contributed by atoms with E-state index >= 15 is 0 Å². The number of carbonyl (C=O) groups is 1. The Hall–Kier alpha value is -1.90. The third-order valence-electron chi connectivity index (χ3n) is 6.63. The Kier molecular flexibility index (Phi) is 8.59. The number of rotatable bonds is 10. The number of carbonyl (C=O) groups excluding carboxylic acids is 1. The molecule has 32 heavy (non-hydrogen) atoms. The molecular formula is C24H35N5O2S. The fraction of sp³-hybridized carbons (Fsp3) is 0.625. The predicted molar refractivity (Wildman–Crippen MR) is 127 cm³/mol. The van der Waals surface area contributed by atoms with E-state index in [0.717, 1.165) is 68.0 Å². The number of ether oxygens (including phenoxy) is 1. The van der Waals surface area contributed by atoms with Crippen LogP contribution in [0.25, 0.3) is 0 Å². The zero-order valence-corrected chi connectivity index (χ0v) is 19.9. The fourth-order valence-electron chi connectivity index (χ4n) is 4.78. The second-order valence-corrected chi connectivity index (χ2v) is 9.80. The summed E-state index contributed by atoms with van der Waals surface area (Å²) in [4.78, 5) is 15.6. The van der Waals surface area contributed by atoms with Crippen LogP contribution >= 0.6 is 11.8 Å². The maximum Gasteiger partial charge on any atom is 0.227 e. The summed E-state index contributed by atoms with van der Waals surface area (Å²) in [6.07, 6.45) is 5.42. The second-order valence-electron chi connectivity index (χ2n) is 8.73. The summed E-state index contributed by atoms with van der Waals surface area (Å²) in [5.41, 5.74) is 1.13. The minimum atomic E-state index is -0.0514. The Morgan fingerprint density at radius 1 is 1.19 bits per heavy atom. The number of nitrogens with one attached hydrogen (secondary N) is 1. The number of hydrogen-bond acceptors (Lipinski definition) is 6. The van der Waals surface area contributed by atoms with Gasteiger partial charge in [0.05, 0.1) is 19.1 Å². The maximum atomic E-state index is 13.1. The molecule has 2 fully saturated rings. The zero-order chi connectivity index (χ0) is 22.2. The van der Waals surface area contributed by atoms with Crippen LogP contribution in [0.2, 0.25) is 0 Å². The topological polar surface area (TPSA) is 72.3 Å². The van der Waals surface area contributed by atoms with Gasteiger partial charge in [0.15, 0.2) is 5.16 Å². The summed E-state index contributed by atoms with van der Waals surface area (Å²) in [6, 6.07) is 10.2. The number of morpholine rings is 1. The van der Waals surface area contributed by atoms with Crippen LogP contribution in [0.1, 0.15) is 43.0 Å². The minimum absolute atomic E-state index is 0.0514. The molecule has 1 unspecified atom stereocenters. The molecule has 1 N–H and O–H groups in total. The van der Waals surface area contributed by atoms with Crippen molar-refractivity contribution in [2.45, 2.75) is 43.2 Å². The first-order valence-corrected chi connectivity index (χ1v) is 12.8. The van der Waals surface area contributed by atoms with E-state index in [1.54, 1.807) is 11.8 Å². The van der Waals surface area contributed by atoms with Crippen molar-refractivity contribution < 1.29 is 9.53 Å². The number of benzene rings is 1. The summed E-state index contributed by atoms with van der Waals surface area (Å²) in [7, 11) is 2.01. The van der Waals surface area contributed by atoms with Gasteiger partial charge in [-0.15, -0.1) is 10.2 Å². The van der Waals surface area contributed by atoms with Crippen LogP contribution < -0.4 is 5.32 Å². The van der Waals surface area contributed by atoms with Crippen LogP contribution in [-0.4, -0.2) is 70.7 Å². The molecule has 4 rings (SSSR count). The van der Waals surface area contributed by atoms with Gasteiger partial charge >= 0.3 is 0 Å². The molecule has 2 aliphatic rings. The third-order valence-corrected chi connectivity index (χ3v) is 7.63. The van der Waals surface area contributed by atoms with Crippen LogP contribution in [0.3, 0.4) is 0 Å². The van der Waals surface area contributed by atoms with Crippen LogP contribution in [0.15, 0.2) is 35.5 Å². The van der Waals surface area contributed by atoms with Gasteiger partial charge in [-0.05, 0) is 24.3 Å². The van der Waals surface area contributed by atoms with Crippen LogP contribution in [-0.2, 0) is 23.0 Å². The van der Waals surface area contributed by atoms with Crippen molar-refractivity contribution in [2.24, 2.45) is 13.0 Å². The van der Waals surface area contributed by atoms with E-state index in [9.17, 15) is 4.79 Å². The Bertz CT molecular complexity index is 847. The number of nitrogens with zero attached hydrogens (tertiary/aromatic N) is 4. The summed E-state index contributed by atoms with van der Waals surface area (Å²) < 4.78 is 7.46. The molecule has 1 amide bonds. The van der Waals surface area contributed by atoms with Gasteiger partial charge in [0.25, 0.3) is 0 Å². The van der Waals surface area contributed by atoms with Crippen molar-refractivity contribution in [1.29, 1.82) is 0 Å². The first-order valence-electron chi connectivity index (χ1n) is 11.9. The lowest BCUT2D eigenvalue weighted by molar-refractivity contribution is -0.123. The molecule has 1 aliphatic heterocycles. The lowest BCUT2D eigenvalue weighted by atomic mass is 9.84. The largest absolute Gasteiger partial charge is 0.379 e. The molecule has 1 saturated carbocycles. The van der Waals surface area contributed by atoms with Gasteiger partial charge in [0, 0.05) is 45.4 Å². The molecule has 0 spiro atoms. The molecule has 0 bridgehead atoms. The highest BCUT2D eigenvalue weighted by molar-refractivity contribution is 7.99. The van der Waals surface area contributed by atoms with E-state index in [2.05, 4.69) is 37.1 Å². The van der Waals surface area contributed by atoms with Gasteiger partial charge in [0.1, 0.15) is 5.82 Å². The van der Waals surface area contributed by atoms with E-state index in [4.69, 9.17) is 4.74 Å². The van der Waals surface area contributed by atoms with Gasteiger partial charge < -0.3 is 14.6 Å². The SMILES string of the molecule is Cn1c(CCNC(=O)C(c2ccccc2)C2CCCC2)nnc1SCCN1CCOCC1. The number of aromatic nitrogens is 3. The fourth-order valence-corrected chi connectivity index (χ4v) is 5.71. The molecule has 1 aliphatic carbocycles. The Morgan fingerprint density at radius 2 is 1.94 bits per heavy atom. The van der Waals surface area contributed by atoms with E-state index in [0.29, 0.717) is 18.9 Å². The van der Waals surface area contributed by atoms with Gasteiger partial charge in [-0.1, -0.05) is 54.9 Å². The van der Waals surface area contributed by atoms with E-state index in [1.165, 1.54) is 12.8 Å². The average Bonchev–Trinajstić information content (AvgIpc) is 3.47.